The van der Waals surface area contributed by atoms with E-state index in [4.69, 9.17) is 9.57 Å². The van der Waals surface area contributed by atoms with Crippen molar-refractivity contribution in [2.45, 2.75) is 65.7 Å². The van der Waals surface area contributed by atoms with E-state index < -0.39 is 5.60 Å². The number of oxime groups is 1. The predicted molar refractivity (Wildman–Crippen MR) is 122 cm³/mol. The van der Waals surface area contributed by atoms with Gasteiger partial charge in [0.25, 0.3) is 0 Å². The molecule has 30 heavy (non-hydrogen) atoms. The van der Waals surface area contributed by atoms with E-state index in [1.807, 2.05) is 95.3 Å². The second kappa shape index (κ2) is 11.4. The zero-order valence-corrected chi connectivity index (χ0v) is 18.8. The molecule has 1 saturated heterocycles. The van der Waals surface area contributed by atoms with Crippen LogP contribution < -0.4 is 0 Å². The van der Waals surface area contributed by atoms with Crippen molar-refractivity contribution < 1.29 is 14.4 Å². The Labute approximate surface area is 180 Å². The van der Waals surface area contributed by atoms with E-state index in [-0.39, 0.29) is 12.1 Å². The average Bonchev–Trinajstić information content (AvgIpc) is 3.23. The monoisotopic (exact) mass is 410 g/mol. The lowest BCUT2D eigenvalue weighted by atomic mass is 10.0. The Morgan fingerprint density at radius 1 is 1.03 bits per heavy atom. The Balaban J connectivity index is 0.00000155. The fourth-order valence-electron chi connectivity index (χ4n) is 3.26. The minimum Gasteiger partial charge on any atom is -0.444 e. The summed E-state index contributed by atoms with van der Waals surface area (Å²) < 4.78 is 5.60. The van der Waals surface area contributed by atoms with Crippen molar-refractivity contribution in [1.82, 2.24) is 4.90 Å². The van der Waals surface area contributed by atoms with E-state index in [2.05, 4.69) is 5.16 Å². The fourth-order valence-corrected chi connectivity index (χ4v) is 3.26. The molecule has 5 nitrogen and oxygen atoms in total. The molecule has 0 spiro atoms. The Morgan fingerprint density at radius 3 is 2.23 bits per heavy atom. The number of hydrogen-bond donors (Lipinski definition) is 0. The number of ether oxygens (including phenoxy) is 1. The second-order valence-electron chi connectivity index (χ2n) is 7.93. The summed E-state index contributed by atoms with van der Waals surface area (Å²) in [6.45, 7) is 10.7. The quantitative estimate of drug-likeness (QED) is 0.446. The van der Waals surface area contributed by atoms with E-state index >= 15 is 0 Å². The Kier molecular flexibility index (Phi) is 8.90. The van der Waals surface area contributed by atoms with Crippen LogP contribution in [0.5, 0.6) is 0 Å². The van der Waals surface area contributed by atoms with Gasteiger partial charge in [-0.25, -0.2) is 4.79 Å². The molecular weight excluding hydrogens is 376 g/mol. The van der Waals surface area contributed by atoms with Gasteiger partial charge in [0.15, 0.2) is 0 Å². The molecule has 2 aromatic rings. The number of carbonyl (C=O) groups is 1. The van der Waals surface area contributed by atoms with Gasteiger partial charge in [-0.05, 0) is 39.2 Å². The van der Waals surface area contributed by atoms with Crippen LogP contribution in [0.2, 0.25) is 0 Å². The van der Waals surface area contributed by atoms with Crippen molar-refractivity contribution in [1.29, 1.82) is 0 Å². The van der Waals surface area contributed by atoms with Gasteiger partial charge in [-0.2, -0.15) is 0 Å². The normalized spacial score (nSPS) is 16.5. The highest BCUT2D eigenvalue weighted by Gasteiger charge is 2.36. The molecule has 5 heteroatoms. The molecule has 0 bridgehead atoms. The fraction of sp³-hybridized carbons (Fsp3) is 0.440. The van der Waals surface area contributed by atoms with Crippen molar-refractivity contribution in [3.63, 3.8) is 0 Å². The number of rotatable bonds is 5. The molecule has 0 N–H and O–H groups in total. The zero-order valence-electron chi connectivity index (χ0n) is 18.8. The van der Waals surface area contributed by atoms with Crippen LogP contribution in [-0.2, 0) is 16.2 Å². The van der Waals surface area contributed by atoms with Crippen molar-refractivity contribution in [2.24, 2.45) is 5.16 Å². The summed E-state index contributed by atoms with van der Waals surface area (Å²) in [5, 5.41) is 4.47. The maximum atomic E-state index is 12.7. The van der Waals surface area contributed by atoms with Crippen LogP contribution in [0.3, 0.4) is 0 Å². The molecule has 0 aromatic heterocycles. The molecule has 1 unspecified atom stereocenters. The topological polar surface area (TPSA) is 51.1 Å². The number of benzene rings is 2. The van der Waals surface area contributed by atoms with Gasteiger partial charge in [-0.1, -0.05) is 79.7 Å². The molecular formula is C25H34N2O3. The number of likely N-dealkylation sites (tertiary alicyclic amines) is 1. The van der Waals surface area contributed by atoms with Crippen LogP contribution in [0.4, 0.5) is 4.79 Å². The minimum absolute atomic E-state index is 0.159. The van der Waals surface area contributed by atoms with Gasteiger partial charge in [0.05, 0.1) is 6.04 Å². The van der Waals surface area contributed by atoms with Crippen LogP contribution in [0, 0.1) is 0 Å². The number of carbonyl (C=O) groups excluding carboxylic acids is 1. The summed E-state index contributed by atoms with van der Waals surface area (Å²) >= 11 is 0. The maximum Gasteiger partial charge on any atom is 0.410 e. The largest absolute Gasteiger partial charge is 0.444 e. The lowest BCUT2D eigenvalue weighted by Gasteiger charge is -2.29. The van der Waals surface area contributed by atoms with Gasteiger partial charge in [0.2, 0.25) is 0 Å². The number of nitrogens with zero attached hydrogens (tertiary/aromatic N) is 2. The first kappa shape index (κ1) is 23.5. The van der Waals surface area contributed by atoms with Crippen molar-refractivity contribution in [2.75, 3.05) is 6.54 Å². The van der Waals surface area contributed by atoms with E-state index in [1.165, 1.54) is 0 Å². The van der Waals surface area contributed by atoms with Gasteiger partial charge in [0.1, 0.15) is 17.9 Å². The lowest BCUT2D eigenvalue weighted by molar-refractivity contribution is 0.0263. The first-order chi connectivity index (χ1) is 14.4. The SMILES string of the molecule is CC.CC(C)(C)OC(=O)N1CCCC1C(=NOCc1ccccc1)c1ccccc1. The molecule has 3 rings (SSSR count). The van der Waals surface area contributed by atoms with Crippen molar-refractivity contribution in [3.8, 4) is 0 Å². The summed E-state index contributed by atoms with van der Waals surface area (Å²) in [6, 6.07) is 19.7. The second-order valence-corrected chi connectivity index (χ2v) is 7.93. The van der Waals surface area contributed by atoms with Crippen LogP contribution >= 0.6 is 0 Å². The van der Waals surface area contributed by atoms with E-state index in [9.17, 15) is 4.79 Å². The molecule has 1 amide bonds. The third-order valence-electron chi connectivity index (χ3n) is 4.50. The molecule has 1 fully saturated rings. The summed E-state index contributed by atoms with van der Waals surface area (Å²) in [5.41, 5.74) is 2.24. The zero-order chi connectivity index (χ0) is 22.0. The molecule has 1 heterocycles. The van der Waals surface area contributed by atoms with Gasteiger partial charge in [-0.15, -0.1) is 0 Å². The molecule has 1 aliphatic rings. The summed E-state index contributed by atoms with van der Waals surface area (Å²) in [5.74, 6) is 0. The van der Waals surface area contributed by atoms with Gasteiger partial charge < -0.3 is 9.57 Å². The van der Waals surface area contributed by atoms with E-state index in [1.54, 1.807) is 4.90 Å². The first-order valence-electron chi connectivity index (χ1n) is 10.7. The summed E-state index contributed by atoms with van der Waals surface area (Å²) in [4.78, 5) is 20.2. The number of hydrogen-bond acceptors (Lipinski definition) is 4. The smallest absolute Gasteiger partial charge is 0.410 e. The predicted octanol–water partition coefficient (Wildman–Crippen LogP) is 6.03. The van der Waals surface area contributed by atoms with E-state index in [0.29, 0.717) is 13.2 Å². The Bertz CT molecular complexity index is 798. The van der Waals surface area contributed by atoms with Gasteiger partial charge in [0, 0.05) is 12.1 Å². The molecule has 1 atom stereocenters. The lowest BCUT2D eigenvalue weighted by Crippen LogP contribution is -2.43. The highest BCUT2D eigenvalue weighted by Crippen LogP contribution is 2.25. The van der Waals surface area contributed by atoms with Crippen molar-refractivity contribution in [3.05, 3.63) is 71.8 Å². The van der Waals surface area contributed by atoms with Gasteiger partial charge >= 0.3 is 6.09 Å². The molecule has 2 aromatic carbocycles. The standard InChI is InChI=1S/C23H28N2O3.C2H6/c1-23(2,3)28-22(26)25-16-10-15-20(25)21(19-13-8-5-9-14-19)24-27-17-18-11-6-4-7-12-18;1-2/h4-9,11-14,20H,10,15-17H2,1-3H3;1-2H3. The van der Waals surface area contributed by atoms with Crippen LogP contribution in [0.15, 0.2) is 65.8 Å². The molecule has 0 saturated carbocycles. The van der Waals surface area contributed by atoms with Gasteiger partial charge in [-0.3, -0.25) is 4.90 Å². The van der Waals surface area contributed by atoms with Crippen molar-refractivity contribution >= 4 is 11.8 Å². The minimum atomic E-state index is -0.530. The summed E-state index contributed by atoms with van der Waals surface area (Å²) in [7, 11) is 0. The third kappa shape index (κ3) is 6.90. The van der Waals surface area contributed by atoms with E-state index in [0.717, 1.165) is 29.7 Å². The van der Waals surface area contributed by atoms with Crippen LogP contribution in [0.25, 0.3) is 0 Å². The average molecular weight is 411 g/mol. The molecule has 1 aliphatic heterocycles. The number of amides is 1. The van der Waals surface area contributed by atoms with Crippen LogP contribution in [0.1, 0.15) is 58.6 Å². The third-order valence-corrected chi connectivity index (χ3v) is 4.50. The Hall–Kier alpha value is -2.82. The Morgan fingerprint density at radius 2 is 1.63 bits per heavy atom. The molecule has 0 aliphatic carbocycles. The first-order valence-corrected chi connectivity index (χ1v) is 10.7. The van der Waals surface area contributed by atoms with Crippen LogP contribution in [-0.4, -0.2) is 34.9 Å². The molecule has 162 valence electrons. The molecule has 0 radical (unpaired) electrons. The highest BCUT2D eigenvalue weighted by atomic mass is 16.6. The summed E-state index contributed by atoms with van der Waals surface area (Å²) in [6.07, 6.45) is 1.44. The highest BCUT2D eigenvalue weighted by molar-refractivity contribution is 6.05. The maximum absolute atomic E-state index is 12.7.